The monoisotopic (exact) mass is 538 g/mol. The van der Waals surface area contributed by atoms with E-state index in [9.17, 15) is 4.79 Å². The highest BCUT2D eigenvalue weighted by atomic mass is 79.9. The van der Waals surface area contributed by atoms with Crippen LogP contribution in [0.2, 0.25) is 0 Å². The highest BCUT2D eigenvalue weighted by molar-refractivity contribution is 9.10. The summed E-state index contributed by atoms with van der Waals surface area (Å²) < 4.78 is 12.4. The molecule has 1 heterocycles. The van der Waals surface area contributed by atoms with Gasteiger partial charge in [0.25, 0.3) is 5.91 Å². The highest BCUT2D eigenvalue weighted by Crippen LogP contribution is 2.39. The number of ether oxygens (including phenoxy) is 2. The summed E-state index contributed by atoms with van der Waals surface area (Å²) in [5.74, 6) is 1.12. The second-order valence-electron chi connectivity index (χ2n) is 7.98. The SMILES string of the molecule is CCc1ccc(N[C@H]2NC(=O)/C(=C/c3cc(Br)c(OCc4ccc(C)cc4)c(OC)c3)S2)cc1. The van der Waals surface area contributed by atoms with Crippen molar-refractivity contribution in [3.63, 3.8) is 0 Å². The third kappa shape index (κ3) is 5.96. The Morgan fingerprint density at radius 3 is 2.47 bits per heavy atom. The lowest BCUT2D eigenvalue weighted by molar-refractivity contribution is -0.116. The van der Waals surface area contributed by atoms with Gasteiger partial charge in [0.05, 0.1) is 16.5 Å². The predicted octanol–water partition coefficient (Wildman–Crippen LogP) is 6.51. The standard InChI is InChI=1S/C27H27BrN2O3S/c1-4-18-9-11-21(12-10-18)29-27-30-26(31)24(34-27)15-20-13-22(28)25(23(14-20)32-3)33-16-19-7-5-17(2)6-8-19/h5-15,27,29H,4,16H2,1-3H3,(H,30,31)/b24-15-/t27-/m0/s1. The molecule has 0 radical (unpaired) electrons. The van der Waals surface area contributed by atoms with Gasteiger partial charge in [-0.3, -0.25) is 4.79 Å². The van der Waals surface area contributed by atoms with Gasteiger partial charge in [-0.05, 0) is 76.3 Å². The first-order chi connectivity index (χ1) is 16.4. The second kappa shape index (κ2) is 11.0. The van der Waals surface area contributed by atoms with E-state index in [2.05, 4.69) is 64.7 Å². The molecule has 0 unspecified atom stereocenters. The summed E-state index contributed by atoms with van der Waals surface area (Å²) in [5, 5.41) is 6.33. The van der Waals surface area contributed by atoms with Crippen molar-refractivity contribution >= 4 is 45.4 Å². The predicted molar refractivity (Wildman–Crippen MR) is 143 cm³/mol. The fourth-order valence-corrected chi connectivity index (χ4v) is 5.07. The maximum Gasteiger partial charge on any atom is 0.260 e. The van der Waals surface area contributed by atoms with Crippen molar-refractivity contribution in [2.75, 3.05) is 12.4 Å². The highest BCUT2D eigenvalue weighted by Gasteiger charge is 2.27. The number of carbonyl (C=O) groups excluding carboxylic acids is 1. The van der Waals surface area contributed by atoms with Gasteiger partial charge in [-0.25, -0.2) is 0 Å². The van der Waals surface area contributed by atoms with Crippen molar-refractivity contribution < 1.29 is 14.3 Å². The summed E-state index contributed by atoms with van der Waals surface area (Å²) in [6.07, 6.45) is 2.86. The number of carbonyl (C=O) groups is 1. The van der Waals surface area contributed by atoms with Crippen LogP contribution >= 0.6 is 27.7 Å². The van der Waals surface area contributed by atoms with Gasteiger partial charge in [0.15, 0.2) is 17.0 Å². The lowest BCUT2D eigenvalue weighted by atomic mass is 10.1. The number of aryl methyl sites for hydroxylation is 2. The summed E-state index contributed by atoms with van der Waals surface area (Å²) in [5.41, 5.74) is 5.15. The van der Waals surface area contributed by atoms with Gasteiger partial charge in [0.1, 0.15) is 6.61 Å². The number of rotatable bonds is 8. The maximum absolute atomic E-state index is 12.6. The molecule has 0 aromatic heterocycles. The summed E-state index contributed by atoms with van der Waals surface area (Å²) in [6.45, 7) is 4.62. The average Bonchev–Trinajstić information content (AvgIpc) is 3.17. The van der Waals surface area contributed by atoms with Crippen LogP contribution in [0.15, 0.2) is 70.0 Å². The Labute approximate surface area is 213 Å². The number of benzene rings is 3. The zero-order chi connectivity index (χ0) is 24.1. The summed E-state index contributed by atoms with van der Waals surface area (Å²) >= 11 is 5.05. The third-order valence-electron chi connectivity index (χ3n) is 5.44. The van der Waals surface area contributed by atoms with E-state index in [1.165, 1.54) is 22.9 Å². The number of halogens is 1. The zero-order valence-electron chi connectivity index (χ0n) is 19.4. The van der Waals surface area contributed by atoms with E-state index in [1.54, 1.807) is 7.11 Å². The topological polar surface area (TPSA) is 59.6 Å². The number of anilines is 1. The Balaban J connectivity index is 1.46. The van der Waals surface area contributed by atoms with E-state index in [4.69, 9.17) is 9.47 Å². The molecule has 5 nitrogen and oxygen atoms in total. The molecule has 3 aromatic rings. The first-order valence-corrected chi connectivity index (χ1v) is 12.7. The van der Waals surface area contributed by atoms with E-state index in [-0.39, 0.29) is 11.4 Å². The van der Waals surface area contributed by atoms with Gasteiger partial charge >= 0.3 is 0 Å². The van der Waals surface area contributed by atoms with Gasteiger partial charge in [-0.15, -0.1) is 0 Å². The van der Waals surface area contributed by atoms with Crippen LogP contribution < -0.4 is 20.1 Å². The number of thioether (sulfide) groups is 1. The van der Waals surface area contributed by atoms with Crippen molar-refractivity contribution in [3.8, 4) is 11.5 Å². The third-order valence-corrected chi connectivity index (χ3v) is 7.06. The van der Waals surface area contributed by atoms with E-state index < -0.39 is 0 Å². The maximum atomic E-state index is 12.6. The quantitative estimate of drug-likeness (QED) is 0.320. The Kier molecular flexibility index (Phi) is 7.85. The molecule has 1 aliphatic heterocycles. The zero-order valence-corrected chi connectivity index (χ0v) is 21.8. The minimum absolute atomic E-state index is 0.109. The molecule has 4 rings (SSSR count). The smallest absolute Gasteiger partial charge is 0.260 e. The fourth-order valence-electron chi connectivity index (χ4n) is 3.51. The molecule has 34 heavy (non-hydrogen) atoms. The van der Waals surface area contributed by atoms with Crippen LogP contribution in [0.3, 0.4) is 0 Å². The number of amides is 1. The van der Waals surface area contributed by atoms with E-state index >= 15 is 0 Å². The molecule has 1 aliphatic rings. The molecule has 1 amide bonds. The molecule has 0 aliphatic carbocycles. The van der Waals surface area contributed by atoms with Crippen molar-refractivity contribution in [3.05, 3.63) is 92.3 Å². The lowest BCUT2D eigenvalue weighted by Crippen LogP contribution is -2.30. The first kappa shape index (κ1) is 24.2. The summed E-state index contributed by atoms with van der Waals surface area (Å²) in [7, 11) is 1.61. The van der Waals surface area contributed by atoms with E-state index in [0.717, 1.165) is 27.7 Å². The molecule has 1 saturated heterocycles. The number of methoxy groups -OCH3 is 1. The van der Waals surface area contributed by atoms with Crippen LogP contribution in [-0.2, 0) is 17.8 Å². The Morgan fingerprint density at radius 1 is 1.09 bits per heavy atom. The minimum Gasteiger partial charge on any atom is -0.493 e. The summed E-state index contributed by atoms with van der Waals surface area (Å²) in [4.78, 5) is 13.2. The van der Waals surface area contributed by atoms with Crippen LogP contribution in [0.25, 0.3) is 6.08 Å². The molecule has 0 spiro atoms. The number of hydrogen-bond acceptors (Lipinski definition) is 5. The van der Waals surface area contributed by atoms with Gasteiger partial charge in [0, 0.05) is 5.69 Å². The molecule has 1 atom stereocenters. The van der Waals surface area contributed by atoms with Crippen LogP contribution in [-0.4, -0.2) is 18.5 Å². The average molecular weight is 539 g/mol. The Hall–Kier alpha value is -2.90. The molecule has 176 valence electrons. The fraction of sp³-hybridized carbons (Fsp3) is 0.222. The Morgan fingerprint density at radius 2 is 1.79 bits per heavy atom. The molecule has 1 fully saturated rings. The Bertz CT molecular complexity index is 1190. The molecule has 0 bridgehead atoms. The van der Waals surface area contributed by atoms with E-state index in [1.807, 2.05) is 42.5 Å². The number of nitrogens with one attached hydrogen (secondary N) is 2. The molecule has 3 aromatic carbocycles. The van der Waals surface area contributed by atoms with Crippen molar-refractivity contribution in [2.45, 2.75) is 32.4 Å². The largest absolute Gasteiger partial charge is 0.493 e. The molecule has 0 saturated carbocycles. The van der Waals surface area contributed by atoms with Crippen LogP contribution in [0.5, 0.6) is 11.5 Å². The molecule has 7 heteroatoms. The van der Waals surface area contributed by atoms with Gasteiger partial charge in [-0.1, -0.05) is 60.6 Å². The van der Waals surface area contributed by atoms with Gasteiger partial charge in [0.2, 0.25) is 0 Å². The lowest BCUT2D eigenvalue weighted by Gasteiger charge is -2.14. The van der Waals surface area contributed by atoms with Crippen molar-refractivity contribution in [1.82, 2.24) is 5.32 Å². The van der Waals surface area contributed by atoms with Crippen LogP contribution in [0, 0.1) is 6.92 Å². The molecule has 2 N–H and O–H groups in total. The summed E-state index contributed by atoms with van der Waals surface area (Å²) in [6, 6.07) is 20.3. The van der Waals surface area contributed by atoms with Gasteiger partial charge in [-0.2, -0.15) is 0 Å². The minimum atomic E-state index is -0.228. The van der Waals surface area contributed by atoms with Crippen LogP contribution in [0.1, 0.15) is 29.2 Å². The second-order valence-corrected chi connectivity index (χ2v) is 9.98. The molecular weight excluding hydrogens is 512 g/mol. The van der Waals surface area contributed by atoms with Gasteiger partial charge < -0.3 is 20.1 Å². The number of hydrogen-bond donors (Lipinski definition) is 2. The molecular formula is C27H27BrN2O3S. The normalized spacial score (nSPS) is 16.4. The first-order valence-electron chi connectivity index (χ1n) is 11.1. The van der Waals surface area contributed by atoms with Crippen LogP contribution in [0.4, 0.5) is 5.69 Å². The van der Waals surface area contributed by atoms with Crippen molar-refractivity contribution in [1.29, 1.82) is 0 Å². The van der Waals surface area contributed by atoms with Crippen molar-refractivity contribution in [2.24, 2.45) is 0 Å². The van der Waals surface area contributed by atoms with E-state index in [0.29, 0.717) is 23.0 Å².